The van der Waals surface area contributed by atoms with Crippen LogP contribution in [-0.4, -0.2) is 61.3 Å². The summed E-state index contributed by atoms with van der Waals surface area (Å²) in [4.78, 5) is 39.8. The maximum absolute atomic E-state index is 12.3. The van der Waals surface area contributed by atoms with E-state index in [9.17, 15) is 14.4 Å². The SMILES string of the molecule is CCN(CC)C(=O)c1ccc(NCC(=O)Nc2cccc(C(=O)N(C)C)c2)cc1. The Morgan fingerprint density at radius 1 is 0.828 bits per heavy atom. The number of hydrogen-bond acceptors (Lipinski definition) is 4. The second-order valence-electron chi connectivity index (χ2n) is 6.74. The van der Waals surface area contributed by atoms with E-state index in [1.54, 1.807) is 67.5 Å². The van der Waals surface area contributed by atoms with Gasteiger partial charge < -0.3 is 20.4 Å². The van der Waals surface area contributed by atoms with Crippen molar-refractivity contribution in [1.82, 2.24) is 9.80 Å². The van der Waals surface area contributed by atoms with Gasteiger partial charge in [-0.1, -0.05) is 6.07 Å². The number of benzene rings is 2. The predicted molar refractivity (Wildman–Crippen MR) is 115 cm³/mol. The Morgan fingerprint density at radius 3 is 2.07 bits per heavy atom. The average Bonchev–Trinajstić information content (AvgIpc) is 2.73. The van der Waals surface area contributed by atoms with Crippen molar-refractivity contribution in [3.8, 4) is 0 Å². The number of hydrogen-bond donors (Lipinski definition) is 2. The van der Waals surface area contributed by atoms with Gasteiger partial charge in [-0.25, -0.2) is 0 Å². The van der Waals surface area contributed by atoms with Crippen molar-refractivity contribution in [2.45, 2.75) is 13.8 Å². The summed E-state index contributed by atoms with van der Waals surface area (Å²) in [5.74, 6) is -0.368. The monoisotopic (exact) mass is 396 g/mol. The smallest absolute Gasteiger partial charge is 0.253 e. The summed E-state index contributed by atoms with van der Waals surface area (Å²) in [6.45, 7) is 5.28. The molecule has 154 valence electrons. The van der Waals surface area contributed by atoms with Crippen LogP contribution in [0.3, 0.4) is 0 Å². The Kier molecular flexibility index (Phi) is 7.77. The molecule has 0 saturated heterocycles. The molecule has 0 bridgehead atoms. The molecular formula is C22H28N4O3. The van der Waals surface area contributed by atoms with Gasteiger partial charge in [0.1, 0.15) is 0 Å². The van der Waals surface area contributed by atoms with Crippen LogP contribution in [0.25, 0.3) is 0 Å². The molecule has 2 rings (SSSR count). The van der Waals surface area contributed by atoms with Gasteiger partial charge in [0, 0.05) is 49.7 Å². The maximum atomic E-state index is 12.3. The highest BCUT2D eigenvalue weighted by molar-refractivity contribution is 5.98. The summed E-state index contributed by atoms with van der Waals surface area (Å²) in [6, 6.07) is 13.9. The fraction of sp³-hybridized carbons (Fsp3) is 0.318. The van der Waals surface area contributed by atoms with Crippen LogP contribution in [0.2, 0.25) is 0 Å². The standard InChI is InChI=1S/C22H28N4O3/c1-5-26(6-2)22(29)16-10-12-18(13-11-16)23-15-20(27)24-19-9-7-8-17(14-19)21(28)25(3)4/h7-14,23H,5-6,15H2,1-4H3,(H,24,27). The molecule has 2 aromatic carbocycles. The van der Waals surface area contributed by atoms with E-state index in [4.69, 9.17) is 0 Å². The van der Waals surface area contributed by atoms with Crippen LogP contribution in [0.15, 0.2) is 48.5 Å². The van der Waals surface area contributed by atoms with Crippen molar-refractivity contribution < 1.29 is 14.4 Å². The van der Waals surface area contributed by atoms with Crippen LogP contribution in [0.5, 0.6) is 0 Å². The second-order valence-corrected chi connectivity index (χ2v) is 6.74. The molecule has 2 N–H and O–H groups in total. The minimum absolute atomic E-state index is 0.00792. The van der Waals surface area contributed by atoms with Gasteiger partial charge in [-0.3, -0.25) is 14.4 Å². The molecule has 0 fully saturated rings. The summed E-state index contributed by atoms with van der Waals surface area (Å²) < 4.78 is 0. The number of carbonyl (C=O) groups is 3. The van der Waals surface area contributed by atoms with E-state index in [0.29, 0.717) is 29.9 Å². The van der Waals surface area contributed by atoms with E-state index < -0.39 is 0 Å². The fourth-order valence-corrected chi connectivity index (χ4v) is 2.80. The van der Waals surface area contributed by atoms with Gasteiger partial charge in [0.2, 0.25) is 5.91 Å². The number of nitrogens with zero attached hydrogens (tertiary/aromatic N) is 2. The van der Waals surface area contributed by atoms with Gasteiger partial charge in [-0.2, -0.15) is 0 Å². The third kappa shape index (κ3) is 6.07. The molecule has 3 amide bonds. The van der Waals surface area contributed by atoms with Gasteiger partial charge in [-0.15, -0.1) is 0 Å². The Hall–Kier alpha value is -3.35. The summed E-state index contributed by atoms with van der Waals surface area (Å²) >= 11 is 0. The molecule has 0 unspecified atom stereocenters. The Bertz CT molecular complexity index is 859. The third-order valence-electron chi connectivity index (χ3n) is 4.44. The van der Waals surface area contributed by atoms with E-state index in [2.05, 4.69) is 10.6 Å². The highest BCUT2D eigenvalue weighted by Crippen LogP contribution is 2.13. The van der Waals surface area contributed by atoms with Gasteiger partial charge in [-0.05, 0) is 56.3 Å². The molecule has 0 saturated carbocycles. The Morgan fingerprint density at radius 2 is 1.48 bits per heavy atom. The zero-order valence-corrected chi connectivity index (χ0v) is 17.4. The van der Waals surface area contributed by atoms with Crippen molar-refractivity contribution in [1.29, 1.82) is 0 Å². The van der Waals surface area contributed by atoms with Crippen molar-refractivity contribution in [3.05, 3.63) is 59.7 Å². The first-order valence-corrected chi connectivity index (χ1v) is 9.60. The van der Waals surface area contributed by atoms with Crippen LogP contribution in [0.4, 0.5) is 11.4 Å². The lowest BCUT2D eigenvalue weighted by atomic mass is 10.1. The summed E-state index contributed by atoms with van der Waals surface area (Å²) in [5.41, 5.74) is 2.43. The fourth-order valence-electron chi connectivity index (χ4n) is 2.80. The van der Waals surface area contributed by atoms with E-state index >= 15 is 0 Å². The van der Waals surface area contributed by atoms with E-state index in [1.807, 2.05) is 13.8 Å². The number of amides is 3. The number of carbonyl (C=O) groups excluding carboxylic acids is 3. The zero-order valence-electron chi connectivity index (χ0n) is 17.4. The Labute approximate surface area is 171 Å². The van der Waals surface area contributed by atoms with Crippen molar-refractivity contribution in [2.24, 2.45) is 0 Å². The van der Waals surface area contributed by atoms with Crippen LogP contribution in [0.1, 0.15) is 34.6 Å². The van der Waals surface area contributed by atoms with E-state index in [0.717, 1.165) is 5.69 Å². The van der Waals surface area contributed by atoms with Gasteiger partial charge >= 0.3 is 0 Å². The molecule has 0 heterocycles. The minimum atomic E-state index is -0.234. The summed E-state index contributed by atoms with van der Waals surface area (Å²) in [7, 11) is 3.36. The zero-order chi connectivity index (χ0) is 21.4. The number of nitrogens with one attached hydrogen (secondary N) is 2. The highest BCUT2D eigenvalue weighted by Gasteiger charge is 2.12. The molecule has 0 spiro atoms. The quantitative estimate of drug-likeness (QED) is 0.719. The van der Waals surface area contributed by atoms with Crippen LogP contribution in [-0.2, 0) is 4.79 Å². The lowest BCUT2D eigenvalue weighted by Crippen LogP contribution is -2.30. The molecule has 0 aromatic heterocycles. The number of anilines is 2. The average molecular weight is 396 g/mol. The van der Waals surface area contributed by atoms with Crippen molar-refractivity contribution in [2.75, 3.05) is 44.4 Å². The molecule has 0 atom stereocenters. The Balaban J connectivity index is 1.92. The van der Waals surface area contributed by atoms with E-state index in [-0.39, 0.29) is 24.3 Å². The first-order valence-electron chi connectivity index (χ1n) is 9.60. The second kappa shape index (κ2) is 10.3. The first kappa shape index (κ1) is 21.9. The lowest BCUT2D eigenvalue weighted by Gasteiger charge is -2.18. The van der Waals surface area contributed by atoms with Gasteiger partial charge in [0.15, 0.2) is 0 Å². The number of rotatable bonds is 8. The molecule has 7 heteroatoms. The normalized spacial score (nSPS) is 10.2. The molecule has 0 aliphatic rings. The summed E-state index contributed by atoms with van der Waals surface area (Å²) in [5, 5.41) is 5.80. The third-order valence-corrected chi connectivity index (χ3v) is 4.44. The molecule has 29 heavy (non-hydrogen) atoms. The van der Waals surface area contributed by atoms with Crippen LogP contribution >= 0.6 is 0 Å². The van der Waals surface area contributed by atoms with Crippen molar-refractivity contribution in [3.63, 3.8) is 0 Å². The largest absolute Gasteiger partial charge is 0.376 e. The molecule has 2 aromatic rings. The molecule has 7 nitrogen and oxygen atoms in total. The first-order chi connectivity index (χ1) is 13.8. The predicted octanol–water partition coefficient (Wildman–Crippen LogP) is 2.92. The maximum Gasteiger partial charge on any atom is 0.253 e. The highest BCUT2D eigenvalue weighted by atomic mass is 16.2. The molecule has 0 aliphatic carbocycles. The van der Waals surface area contributed by atoms with Gasteiger partial charge in [0.05, 0.1) is 6.54 Å². The topological polar surface area (TPSA) is 81.8 Å². The van der Waals surface area contributed by atoms with Crippen LogP contribution in [0, 0.1) is 0 Å². The molecule has 0 radical (unpaired) electrons. The van der Waals surface area contributed by atoms with Crippen molar-refractivity contribution >= 4 is 29.1 Å². The molecule has 0 aliphatic heterocycles. The van der Waals surface area contributed by atoms with E-state index in [1.165, 1.54) is 4.90 Å². The summed E-state index contributed by atoms with van der Waals surface area (Å²) in [6.07, 6.45) is 0. The van der Waals surface area contributed by atoms with Crippen LogP contribution < -0.4 is 10.6 Å². The minimum Gasteiger partial charge on any atom is -0.376 e. The van der Waals surface area contributed by atoms with Gasteiger partial charge in [0.25, 0.3) is 11.8 Å². The lowest BCUT2D eigenvalue weighted by molar-refractivity contribution is -0.114. The molecular weight excluding hydrogens is 368 g/mol.